The Morgan fingerprint density at radius 3 is 2.66 bits per heavy atom. The minimum absolute atomic E-state index is 0.0554. The number of aryl methyl sites for hydroxylation is 1. The van der Waals surface area contributed by atoms with Crippen molar-refractivity contribution in [3.05, 3.63) is 95.3 Å². The van der Waals surface area contributed by atoms with E-state index in [4.69, 9.17) is 0 Å². The summed E-state index contributed by atoms with van der Waals surface area (Å²) in [6.45, 7) is 1.99. The summed E-state index contributed by atoms with van der Waals surface area (Å²) in [5, 5.41) is 2.63. The summed E-state index contributed by atoms with van der Waals surface area (Å²) in [4.78, 5) is 26.8. The van der Waals surface area contributed by atoms with Crippen LogP contribution in [0.1, 0.15) is 26.9 Å². The van der Waals surface area contributed by atoms with E-state index in [1.807, 2.05) is 49.4 Å². The fraction of sp³-hybridized carbons (Fsp3) is 0.130. The van der Waals surface area contributed by atoms with Gasteiger partial charge >= 0.3 is 0 Å². The van der Waals surface area contributed by atoms with Crippen LogP contribution in [0.25, 0.3) is 0 Å². The molecule has 3 aromatic carbocycles. The monoisotopic (exact) mass is 406 g/mol. The fourth-order valence-corrected chi connectivity index (χ4v) is 4.50. The lowest BCUT2D eigenvalue weighted by Gasteiger charge is -2.25. The molecule has 0 radical (unpaired) electrons. The molecule has 4 rings (SSSR count). The molecule has 0 bridgehead atoms. The third-order valence-electron chi connectivity index (χ3n) is 4.66. The van der Waals surface area contributed by atoms with Gasteiger partial charge in [0.15, 0.2) is 0 Å². The zero-order valence-electron chi connectivity index (χ0n) is 15.8. The van der Waals surface area contributed by atoms with E-state index in [0.717, 1.165) is 16.8 Å². The number of hydrogen-bond acceptors (Lipinski definition) is 3. The van der Waals surface area contributed by atoms with Crippen molar-refractivity contribution in [1.82, 2.24) is 0 Å². The highest BCUT2D eigenvalue weighted by atomic mass is 32.2. The van der Waals surface area contributed by atoms with Crippen molar-refractivity contribution in [2.75, 3.05) is 16.0 Å². The minimum Gasteiger partial charge on any atom is -0.322 e. The predicted octanol–water partition coefficient (Wildman–Crippen LogP) is 5.17. The Hall–Kier alpha value is -3.12. The van der Waals surface area contributed by atoms with Crippen molar-refractivity contribution in [3.63, 3.8) is 0 Å². The Kier molecular flexibility index (Phi) is 5.36. The molecule has 4 nitrogen and oxygen atoms in total. The number of benzene rings is 3. The van der Waals surface area contributed by atoms with Crippen LogP contribution in [0.2, 0.25) is 0 Å². The minimum atomic E-state index is -0.457. The van der Waals surface area contributed by atoms with Crippen LogP contribution in [-0.4, -0.2) is 17.6 Å². The first kappa shape index (κ1) is 19.2. The normalized spacial score (nSPS) is 16.1. The number of amides is 2. The standard InChI is InChI=1S/C23H19FN2O2S/c1-15-5-2-10-20(11-15)26-21(27)14-29-23(26)17-7-4-9-19(13-17)25-22(28)16-6-3-8-18(24)12-16/h2-13,23H,14H2,1H3,(H,25,28)/t23-/m0/s1. The number of thioether (sulfide) groups is 1. The summed E-state index contributed by atoms with van der Waals surface area (Å²) >= 11 is 1.55. The van der Waals surface area contributed by atoms with Gasteiger partial charge in [-0.1, -0.05) is 30.3 Å². The fourth-order valence-electron chi connectivity index (χ4n) is 3.33. The van der Waals surface area contributed by atoms with Gasteiger partial charge in [-0.3, -0.25) is 14.5 Å². The van der Waals surface area contributed by atoms with Gasteiger partial charge < -0.3 is 5.32 Å². The average molecular weight is 406 g/mol. The molecule has 6 heteroatoms. The molecular weight excluding hydrogens is 387 g/mol. The molecule has 0 spiro atoms. The average Bonchev–Trinajstić information content (AvgIpc) is 3.10. The first-order valence-electron chi connectivity index (χ1n) is 9.18. The van der Waals surface area contributed by atoms with Crippen LogP contribution in [-0.2, 0) is 4.79 Å². The first-order chi connectivity index (χ1) is 14.0. The quantitative estimate of drug-likeness (QED) is 0.651. The summed E-state index contributed by atoms with van der Waals surface area (Å²) in [5.41, 5.74) is 3.71. The third kappa shape index (κ3) is 4.17. The van der Waals surface area contributed by atoms with E-state index in [1.54, 1.807) is 28.8 Å². The molecule has 1 atom stereocenters. The Bertz CT molecular complexity index is 1090. The topological polar surface area (TPSA) is 49.4 Å². The van der Waals surface area contributed by atoms with Gasteiger partial charge in [-0.2, -0.15) is 0 Å². The summed E-state index contributed by atoms with van der Waals surface area (Å²) < 4.78 is 13.4. The number of rotatable bonds is 4. The number of nitrogens with one attached hydrogen (secondary N) is 1. The maximum atomic E-state index is 13.4. The maximum Gasteiger partial charge on any atom is 0.255 e. The van der Waals surface area contributed by atoms with Crippen molar-refractivity contribution in [3.8, 4) is 0 Å². The maximum absolute atomic E-state index is 13.4. The van der Waals surface area contributed by atoms with E-state index in [-0.39, 0.29) is 22.8 Å². The number of carbonyl (C=O) groups excluding carboxylic acids is 2. The molecule has 3 aromatic rings. The van der Waals surface area contributed by atoms with Crippen LogP contribution in [0.4, 0.5) is 15.8 Å². The van der Waals surface area contributed by atoms with E-state index >= 15 is 0 Å². The van der Waals surface area contributed by atoms with Crippen molar-refractivity contribution >= 4 is 35.0 Å². The van der Waals surface area contributed by atoms with Crippen molar-refractivity contribution < 1.29 is 14.0 Å². The molecule has 0 aromatic heterocycles. The van der Waals surface area contributed by atoms with E-state index in [9.17, 15) is 14.0 Å². The highest BCUT2D eigenvalue weighted by Crippen LogP contribution is 2.42. The van der Waals surface area contributed by atoms with E-state index in [1.165, 1.54) is 18.2 Å². The van der Waals surface area contributed by atoms with Gasteiger partial charge in [0.25, 0.3) is 5.91 Å². The molecule has 1 fully saturated rings. The molecule has 1 aliphatic heterocycles. The van der Waals surface area contributed by atoms with Crippen LogP contribution >= 0.6 is 11.8 Å². The van der Waals surface area contributed by atoms with Crippen molar-refractivity contribution in [2.24, 2.45) is 0 Å². The molecule has 146 valence electrons. The molecule has 0 unspecified atom stereocenters. The predicted molar refractivity (Wildman–Crippen MR) is 115 cm³/mol. The van der Waals surface area contributed by atoms with E-state index in [0.29, 0.717) is 11.4 Å². The molecule has 0 saturated carbocycles. The number of carbonyl (C=O) groups is 2. The van der Waals surface area contributed by atoms with Crippen LogP contribution in [0.3, 0.4) is 0 Å². The molecule has 1 heterocycles. The highest BCUT2D eigenvalue weighted by molar-refractivity contribution is 8.00. The number of nitrogens with zero attached hydrogens (tertiary/aromatic N) is 1. The summed E-state index contributed by atoms with van der Waals surface area (Å²) in [6, 6.07) is 20.8. The lowest BCUT2D eigenvalue weighted by atomic mass is 10.1. The van der Waals surface area contributed by atoms with Crippen molar-refractivity contribution in [2.45, 2.75) is 12.3 Å². The number of hydrogen-bond donors (Lipinski definition) is 1. The second-order valence-corrected chi connectivity index (χ2v) is 7.92. The Labute approximate surface area is 172 Å². The van der Waals surface area contributed by atoms with E-state index in [2.05, 4.69) is 5.32 Å². The summed E-state index contributed by atoms with van der Waals surface area (Å²) in [7, 11) is 0. The van der Waals surface area contributed by atoms with Gasteiger partial charge in [0, 0.05) is 16.9 Å². The first-order valence-corrected chi connectivity index (χ1v) is 10.2. The van der Waals surface area contributed by atoms with Crippen LogP contribution < -0.4 is 10.2 Å². The molecule has 1 aliphatic rings. The van der Waals surface area contributed by atoms with Crippen LogP contribution in [0.5, 0.6) is 0 Å². The zero-order chi connectivity index (χ0) is 20.4. The lowest BCUT2D eigenvalue weighted by Crippen LogP contribution is -2.27. The summed E-state index contributed by atoms with van der Waals surface area (Å²) in [6.07, 6.45) is 0. The molecule has 0 aliphatic carbocycles. The lowest BCUT2D eigenvalue weighted by molar-refractivity contribution is -0.115. The Balaban J connectivity index is 1.59. The van der Waals surface area contributed by atoms with Gasteiger partial charge in [-0.15, -0.1) is 11.8 Å². The third-order valence-corrected chi connectivity index (χ3v) is 5.88. The molecule has 2 amide bonds. The zero-order valence-corrected chi connectivity index (χ0v) is 16.6. The van der Waals surface area contributed by atoms with Crippen LogP contribution in [0, 0.1) is 12.7 Å². The molecule has 1 saturated heterocycles. The van der Waals surface area contributed by atoms with Gasteiger partial charge in [0.05, 0.1) is 5.75 Å². The summed E-state index contributed by atoms with van der Waals surface area (Å²) in [5.74, 6) is -0.383. The number of anilines is 2. The van der Waals surface area contributed by atoms with Crippen molar-refractivity contribution in [1.29, 1.82) is 0 Å². The molecule has 29 heavy (non-hydrogen) atoms. The number of halogens is 1. The largest absolute Gasteiger partial charge is 0.322 e. The van der Waals surface area contributed by atoms with Gasteiger partial charge in [-0.25, -0.2) is 4.39 Å². The van der Waals surface area contributed by atoms with Gasteiger partial charge in [0.2, 0.25) is 5.91 Å². The second kappa shape index (κ2) is 8.09. The smallest absolute Gasteiger partial charge is 0.255 e. The van der Waals surface area contributed by atoms with Gasteiger partial charge in [-0.05, 0) is 60.5 Å². The Morgan fingerprint density at radius 1 is 1.07 bits per heavy atom. The van der Waals surface area contributed by atoms with E-state index < -0.39 is 5.82 Å². The highest BCUT2D eigenvalue weighted by Gasteiger charge is 2.34. The van der Waals surface area contributed by atoms with Crippen LogP contribution in [0.15, 0.2) is 72.8 Å². The van der Waals surface area contributed by atoms with Gasteiger partial charge in [0.1, 0.15) is 11.2 Å². The molecule has 1 N–H and O–H groups in total. The molecular formula is C23H19FN2O2S. The Morgan fingerprint density at radius 2 is 1.86 bits per heavy atom. The SMILES string of the molecule is Cc1cccc(N2C(=O)CS[C@H]2c2cccc(NC(=O)c3cccc(F)c3)c2)c1. The second-order valence-electron chi connectivity index (χ2n) is 6.86.